The molecule has 1 heterocycles. The molecule has 0 bridgehead atoms. The van der Waals surface area contributed by atoms with Crippen molar-refractivity contribution >= 4 is 29.2 Å². The lowest BCUT2D eigenvalue weighted by Gasteiger charge is -2.29. The first-order valence-electron chi connectivity index (χ1n) is 8.65. The van der Waals surface area contributed by atoms with Crippen molar-refractivity contribution < 1.29 is 14.4 Å². The predicted octanol–water partition coefficient (Wildman–Crippen LogP) is 1.80. The van der Waals surface area contributed by atoms with E-state index in [0.717, 1.165) is 12.8 Å². The normalized spacial score (nSPS) is 19.5. The number of urea groups is 1. The smallest absolute Gasteiger partial charge is 0.317 e. The molecular weight excluding hydrogens is 320 g/mol. The molecule has 2 aliphatic rings. The van der Waals surface area contributed by atoms with Gasteiger partial charge in [-0.3, -0.25) is 9.59 Å². The van der Waals surface area contributed by atoms with Crippen LogP contribution in [0.25, 0.3) is 0 Å². The fourth-order valence-electron chi connectivity index (χ4n) is 3.01. The van der Waals surface area contributed by atoms with Gasteiger partial charge in [-0.1, -0.05) is 12.1 Å². The van der Waals surface area contributed by atoms with Crippen molar-refractivity contribution in [1.82, 2.24) is 10.2 Å². The van der Waals surface area contributed by atoms with Gasteiger partial charge in [0.25, 0.3) is 0 Å². The van der Waals surface area contributed by atoms with Crippen LogP contribution >= 0.6 is 0 Å². The molecule has 7 nitrogen and oxygen atoms in total. The Morgan fingerprint density at radius 1 is 1.32 bits per heavy atom. The predicted molar refractivity (Wildman–Crippen MR) is 95.4 cm³/mol. The van der Waals surface area contributed by atoms with Crippen LogP contribution in [0.2, 0.25) is 0 Å². The van der Waals surface area contributed by atoms with E-state index in [0.29, 0.717) is 23.8 Å². The zero-order valence-corrected chi connectivity index (χ0v) is 14.6. The number of fused-ring (bicyclic) bond motifs is 1. The quantitative estimate of drug-likeness (QED) is 0.874. The first-order valence-corrected chi connectivity index (χ1v) is 8.65. The lowest BCUT2D eigenvalue weighted by Crippen LogP contribution is -2.48. The minimum Gasteiger partial charge on any atom is -0.338 e. The Morgan fingerprint density at radius 3 is 2.76 bits per heavy atom. The van der Waals surface area contributed by atoms with Crippen molar-refractivity contribution in [3.63, 3.8) is 0 Å². The van der Waals surface area contributed by atoms with E-state index < -0.39 is 0 Å². The van der Waals surface area contributed by atoms with Crippen LogP contribution in [0.3, 0.4) is 0 Å². The van der Waals surface area contributed by atoms with Crippen LogP contribution in [0.1, 0.15) is 26.2 Å². The Hall–Kier alpha value is -2.57. The molecule has 0 unspecified atom stereocenters. The van der Waals surface area contributed by atoms with E-state index in [4.69, 9.17) is 0 Å². The van der Waals surface area contributed by atoms with Crippen LogP contribution in [0.5, 0.6) is 0 Å². The second-order valence-corrected chi connectivity index (χ2v) is 6.87. The van der Waals surface area contributed by atoms with Crippen molar-refractivity contribution in [2.24, 2.45) is 5.92 Å². The molecule has 1 atom stereocenters. The number of amides is 4. The van der Waals surface area contributed by atoms with Crippen molar-refractivity contribution in [3.05, 3.63) is 24.3 Å². The molecule has 0 spiro atoms. The van der Waals surface area contributed by atoms with Crippen molar-refractivity contribution in [2.45, 2.75) is 32.2 Å². The number of nitrogens with zero attached hydrogens (tertiary/aromatic N) is 2. The number of carbonyl (C=O) groups excluding carboxylic acids is 3. The van der Waals surface area contributed by atoms with Gasteiger partial charge in [0, 0.05) is 26.1 Å². The van der Waals surface area contributed by atoms with Crippen LogP contribution < -0.4 is 15.5 Å². The van der Waals surface area contributed by atoms with E-state index >= 15 is 0 Å². The highest BCUT2D eigenvalue weighted by molar-refractivity contribution is 6.05. The largest absolute Gasteiger partial charge is 0.338 e. The molecule has 1 aromatic rings. The third-order valence-electron chi connectivity index (χ3n) is 4.59. The van der Waals surface area contributed by atoms with Gasteiger partial charge in [0.1, 0.15) is 6.54 Å². The Kier molecular flexibility index (Phi) is 4.92. The average molecular weight is 344 g/mol. The average Bonchev–Trinajstić information content (AvgIpc) is 3.38. The summed E-state index contributed by atoms with van der Waals surface area (Å²) in [6.07, 6.45) is 2.54. The number of benzene rings is 1. The summed E-state index contributed by atoms with van der Waals surface area (Å²) in [6.45, 7) is 2.47. The lowest BCUT2D eigenvalue weighted by atomic mass is 10.1. The maximum Gasteiger partial charge on any atom is 0.317 e. The van der Waals surface area contributed by atoms with Crippen molar-refractivity contribution in [3.8, 4) is 0 Å². The van der Waals surface area contributed by atoms with Gasteiger partial charge in [0.15, 0.2) is 0 Å². The molecule has 1 saturated carbocycles. The molecule has 0 saturated heterocycles. The summed E-state index contributed by atoms with van der Waals surface area (Å²) in [5.74, 6) is 0.258. The van der Waals surface area contributed by atoms with Crippen LogP contribution in [0.15, 0.2) is 24.3 Å². The van der Waals surface area contributed by atoms with Gasteiger partial charge >= 0.3 is 6.03 Å². The van der Waals surface area contributed by atoms with Gasteiger partial charge in [-0.2, -0.15) is 0 Å². The van der Waals surface area contributed by atoms with E-state index in [1.807, 2.05) is 25.1 Å². The fourth-order valence-corrected chi connectivity index (χ4v) is 3.01. The number of carbonyl (C=O) groups is 3. The first-order chi connectivity index (χ1) is 12.0. The third kappa shape index (κ3) is 4.10. The first kappa shape index (κ1) is 17.3. The highest BCUT2D eigenvalue weighted by atomic mass is 16.2. The van der Waals surface area contributed by atoms with E-state index in [1.54, 1.807) is 18.0 Å². The Morgan fingerprint density at radius 2 is 2.04 bits per heavy atom. The maximum absolute atomic E-state index is 12.9. The number of anilines is 2. The molecular formula is C18H24N4O3. The fraction of sp³-hybridized carbons (Fsp3) is 0.500. The standard InChI is InChI=1S/C18H24N4O3/c1-12-9-16(23)20-14-5-3-4-6-15(14)22(12)17(24)11-21(2)18(25)19-10-13-7-8-13/h3-6,12-13H,7-11H2,1-2H3,(H,19,25)(H,20,23)/t12-/m1/s1. The molecule has 1 aliphatic heterocycles. The zero-order valence-electron chi connectivity index (χ0n) is 14.6. The molecule has 134 valence electrons. The molecule has 0 aromatic heterocycles. The summed E-state index contributed by atoms with van der Waals surface area (Å²) in [7, 11) is 1.61. The highest BCUT2D eigenvalue weighted by Crippen LogP contribution is 2.31. The zero-order chi connectivity index (χ0) is 18.0. The number of hydrogen-bond acceptors (Lipinski definition) is 3. The van der Waals surface area contributed by atoms with Crippen LogP contribution in [0.4, 0.5) is 16.2 Å². The van der Waals surface area contributed by atoms with E-state index in [2.05, 4.69) is 10.6 Å². The summed E-state index contributed by atoms with van der Waals surface area (Å²) in [5.41, 5.74) is 1.28. The Labute approximate surface area is 147 Å². The highest BCUT2D eigenvalue weighted by Gasteiger charge is 2.30. The number of nitrogens with one attached hydrogen (secondary N) is 2. The number of likely N-dealkylation sites (N-methyl/N-ethyl adjacent to an activating group) is 1. The third-order valence-corrected chi connectivity index (χ3v) is 4.59. The summed E-state index contributed by atoms with van der Waals surface area (Å²) >= 11 is 0. The topological polar surface area (TPSA) is 81.8 Å². The van der Waals surface area contributed by atoms with Crippen LogP contribution in [0, 0.1) is 5.92 Å². The van der Waals surface area contributed by atoms with Crippen molar-refractivity contribution in [2.75, 3.05) is 30.4 Å². The SMILES string of the molecule is C[C@@H]1CC(=O)Nc2ccccc2N1C(=O)CN(C)C(=O)NCC1CC1. The second-order valence-electron chi connectivity index (χ2n) is 6.87. The summed E-state index contributed by atoms with van der Waals surface area (Å²) in [6, 6.07) is 6.70. The maximum atomic E-state index is 12.9. The summed E-state index contributed by atoms with van der Waals surface area (Å²) in [4.78, 5) is 40.0. The minimum atomic E-state index is -0.279. The van der Waals surface area contributed by atoms with E-state index in [-0.39, 0.29) is 36.9 Å². The number of hydrogen-bond donors (Lipinski definition) is 2. The monoisotopic (exact) mass is 344 g/mol. The number of rotatable bonds is 4. The molecule has 1 fully saturated rings. The Balaban J connectivity index is 1.71. The van der Waals surface area contributed by atoms with E-state index in [9.17, 15) is 14.4 Å². The van der Waals surface area contributed by atoms with Crippen molar-refractivity contribution in [1.29, 1.82) is 0 Å². The van der Waals surface area contributed by atoms with Gasteiger partial charge in [-0.05, 0) is 37.8 Å². The molecule has 1 aromatic carbocycles. The van der Waals surface area contributed by atoms with Gasteiger partial charge < -0.3 is 20.4 Å². The molecule has 1 aliphatic carbocycles. The van der Waals surface area contributed by atoms with E-state index in [1.165, 1.54) is 4.90 Å². The summed E-state index contributed by atoms with van der Waals surface area (Å²) in [5, 5.41) is 5.68. The molecule has 4 amide bonds. The molecule has 25 heavy (non-hydrogen) atoms. The molecule has 0 radical (unpaired) electrons. The Bertz CT molecular complexity index is 687. The van der Waals surface area contributed by atoms with Gasteiger partial charge in [0.2, 0.25) is 11.8 Å². The molecule has 7 heteroatoms. The minimum absolute atomic E-state index is 0.0383. The molecule has 3 rings (SSSR count). The van der Waals surface area contributed by atoms with Crippen LogP contribution in [-0.2, 0) is 9.59 Å². The van der Waals surface area contributed by atoms with Gasteiger partial charge in [-0.25, -0.2) is 4.79 Å². The van der Waals surface area contributed by atoms with Crippen LogP contribution in [-0.4, -0.2) is 48.9 Å². The lowest BCUT2D eigenvalue weighted by molar-refractivity contribution is -0.119. The van der Waals surface area contributed by atoms with Gasteiger partial charge in [-0.15, -0.1) is 0 Å². The van der Waals surface area contributed by atoms with Gasteiger partial charge in [0.05, 0.1) is 11.4 Å². The second kappa shape index (κ2) is 7.13. The molecule has 2 N–H and O–H groups in total. The number of para-hydroxylation sites is 2. The summed E-state index contributed by atoms with van der Waals surface area (Å²) < 4.78 is 0.